The van der Waals surface area contributed by atoms with Crippen LogP contribution in [0.15, 0.2) is 0 Å². The number of amides is 2. The molecule has 2 radical (unpaired) electrons. The predicted molar refractivity (Wildman–Crippen MR) is 21.2 cm³/mol. The summed E-state index contributed by atoms with van der Waals surface area (Å²) in [4.78, 5) is 28.9. The molecule has 0 saturated heterocycles. The molecular weight excluding hydrogens is 112 g/mol. The topological polar surface area (TPSA) is 98.8 Å². The standard InChI is InChI=1S/C3H2N2O3/c4-2(7)1(6)3(5)8/h4-5H. The molecule has 42 valence electrons. The SMILES string of the molecule is [NH]C(=O)C(=O)C([NH])=O. The van der Waals surface area contributed by atoms with Crippen LogP contribution in [0.1, 0.15) is 0 Å². The van der Waals surface area contributed by atoms with Gasteiger partial charge in [0.15, 0.2) is 0 Å². The van der Waals surface area contributed by atoms with Gasteiger partial charge in [0, 0.05) is 0 Å². The quantitative estimate of drug-likeness (QED) is 0.312. The molecule has 0 aliphatic carbocycles. The number of carbonyl (C=O) groups excluding carboxylic acids is 3. The average Bonchev–Trinajstić information content (AvgIpc) is 1.64. The first-order valence-electron chi connectivity index (χ1n) is 1.61. The van der Waals surface area contributed by atoms with Gasteiger partial charge in [-0.05, 0) is 0 Å². The second-order valence-corrected chi connectivity index (χ2v) is 0.987. The number of carbonyl (C=O) groups is 3. The van der Waals surface area contributed by atoms with Gasteiger partial charge in [0.2, 0.25) is 0 Å². The first-order valence-corrected chi connectivity index (χ1v) is 1.61. The van der Waals surface area contributed by atoms with Crippen LogP contribution in [-0.2, 0) is 14.4 Å². The van der Waals surface area contributed by atoms with E-state index in [-0.39, 0.29) is 0 Å². The molecule has 0 unspecified atom stereocenters. The summed E-state index contributed by atoms with van der Waals surface area (Å²) in [6, 6.07) is 0. The van der Waals surface area contributed by atoms with Crippen LogP contribution in [0.4, 0.5) is 0 Å². The van der Waals surface area contributed by atoms with E-state index in [1.54, 1.807) is 0 Å². The molecule has 5 nitrogen and oxygen atoms in total. The van der Waals surface area contributed by atoms with Crippen molar-refractivity contribution in [2.24, 2.45) is 0 Å². The summed E-state index contributed by atoms with van der Waals surface area (Å²) >= 11 is 0. The van der Waals surface area contributed by atoms with Crippen molar-refractivity contribution in [3.8, 4) is 0 Å². The minimum atomic E-state index is -1.63. The maximum absolute atomic E-state index is 9.77. The van der Waals surface area contributed by atoms with Gasteiger partial charge in [0.05, 0.1) is 0 Å². The molecule has 2 amide bonds. The zero-order valence-corrected chi connectivity index (χ0v) is 3.72. The third-order valence-corrected chi connectivity index (χ3v) is 0.412. The van der Waals surface area contributed by atoms with Gasteiger partial charge >= 0.3 is 17.6 Å². The molecule has 0 spiro atoms. The monoisotopic (exact) mass is 114 g/mol. The van der Waals surface area contributed by atoms with Crippen molar-refractivity contribution in [3.63, 3.8) is 0 Å². The van der Waals surface area contributed by atoms with Crippen LogP contribution in [0.25, 0.3) is 0 Å². The summed E-state index contributed by atoms with van der Waals surface area (Å²) in [7, 11) is 0. The summed E-state index contributed by atoms with van der Waals surface area (Å²) in [6.07, 6.45) is 0. The number of ketones is 1. The molecule has 0 aromatic rings. The Morgan fingerprint density at radius 2 is 1.12 bits per heavy atom. The normalized spacial score (nSPS) is 8.00. The van der Waals surface area contributed by atoms with Gasteiger partial charge in [-0.25, -0.2) is 0 Å². The minimum absolute atomic E-state index is 1.59. The van der Waals surface area contributed by atoms with Crippen molar-refractivity contribution in [1.82, 2.24) is 11.5 Å². The van der Waals surface area contributed by atoms with Gasteiger partial charge in [0.25, 0.3) is 0 Å². The fraction of sp³-hybridized carbons (Fsp3) is 0. The van der Waals surface area contributed by atoms with E-state index < -0.39 is 17.6 Å². The Hall–Kier alpha value is -1.39. The Kier molecular flexibility index (Phi) is 1.70. The zero-order chi connectivity index (χ0) is 6.73. The summed E-state index contributed by atoms with van der Waals surface area (Å²) in [5.74, 6) is -4.86. The maximum Gasteiger partial charge on any atom is 0.316 e. The lowest BCUT2D eigenvalue weighted by molar-refractivity contribution is -0.143. The molecule has 5 heteroatoms. The largest absolute Gasteiger partial charge is 0.316 e. The number of hydrogen-bond donors (Lipinski definition) is 0. The Balaban J connectivity index is 4.05. The first kappa shape index (κ1) is 6.61. The van der Waals surface area contributed by atoms with Crippen LogP contribution in [0.3, 0.4) is 0 Å². The summed E-state index contributed by atoms with van der Waals surface area (Å²) < 4.78 is 0. The van der Waals surface area contributed by atoms with Crippen LogP contribution < -0.4 is 11.5 Å². The molecule has 0 aromatic carbocycles. The fourth-order valence-corrected chi connectivity index (χ4v) is 0.103. The maximum atomic E-state index is 9.77. The fourth-order valence-electron chi connectivity index (χ4n) is 0.103. The van der Waals surface area contributed by atoms with Crippen LogP contribution in [0, 0.1) is 0 Å². The molecule has 0 aliphatic heterocycles. The highest BCUT2D eigenvalue weighted by molar-refractivity contribution is 6.61. The van der Waals surface area contributed by atoms with Gasteiger partial charge in [0.1, 0.15) is 0 Å². The van der Waals surface area contributed by atoms with Gasteiger partial charge in [-0.3, -0.25) is 25.9 Å². The van der Waals surface area contributed by atoms with Crippen molar-refractivity contribution in [2.45, 2.75) is 0 Å². The number of nitrogens with one attached hydrogen (secondary N) is 2. The molecular formula is C3H2N2O3. The molecule has 0 bridgehead atoms. The van der Waals surface area contributed by atoms with Crippen molar-refractivity contribution >= 4 is 17.6 Å². The Morgan fingerprint density at radius 3 is 1.12 bits per heavy atom. The summed E-state index contributed by atoms with van der Waals surface area (Å²) in [5.41, 5.74) is 12.0. The number of rotatable bonds is 2. The van der Waals surface area contributed by atoms with Gasteiger partial charge in [-0.2, -0.15) is 0 Å². The van der Waals surface area contributed by atoms with E-state index >= 15 is 0 Å². The molecule has 0 saturated carbocycles. The molecule has 0 aliphatic rings. The van der Waals surface area contributed by atoms with E-state index in [4.69, 9.17) is 11.5 Å². The van der Waals surface area contributed by atoms with Crippen molar-refractivity contribution in [2.75, 3.05) is 0 Å². The van der Waals surface area contributed by atoms with Gasteiger partial charge in [-0.1, -0.05) is 0 Å². The molecule has 0 rings (SSSR count). The molecule has 8 heavy (non-hydrogen) atoms. The second kappa shape index (κ2) is 2.06. The molecule has 0 fully saturated rings. The summed E-state index contributed by atoms with van der Waals surface area (Å²) in [5, 5.41) is 0. The molecule has 0 aromatic heterocycles. The third kappa shape index (κ3) is 1.38. The number of Topliss-reactive ketones (excluding diaryl/α,β-unsaturated/α-hetero) is 1. The Morgan fingerprint density at radius 1 is 0.875 bits per heavy atom. The van der Waals surface area contributed by atoms with E-state index in [0.29, 0.717) is 0 Å². The Bertz CT molecular complexity index is 135. The lowest BCUT2D eigenvalue weighted by Crippen LogP contribution is -2.24. The highest BCUT2D eigenvalue weighted by Gasteiger charge is 2.16. The van der Waals surface area contributed by atoms with E-state index in [1.165, 1.54) is 0 Å². The Labute approximate surface area is 44.6 Å². The van der Waals surface area contributed by atoms with Crippen LogP contribution in [-0.4, -0.2) is 17.6 Å². The van der Waals surface area contributed by atoms with Crippen molar-refractivity contribution in [1.29, 1.82) is 0 Å². The molecule has 0 atom stereocenters. The van der Waals surface area contributed by atoms with Crippen molar-refractivity contribution in [3.05, 3.63) is 0 Å². The molecule has 0 heterocycles. The van der Waals surface area contributed by atoms with Crippen LogP contribution >= 0.6 is 0 Å². The smallest absolute Gasteiger partial charge is 0.277 e. The van der Waals surface area contributed by atoms with E-state index in [0.717, 1.165) is 0 Å². The minimum Gasteiger partial charge on any atom is -0.277 e. The van der Waals surface area contributed by atoms with Crippen molar-refractivity contribution < 1.29 is 14.4 Å². The lowest BCUT2D eigenvalue weighted by Gasteiger charge is -1.79. The number of hydrogen-bond acceptors (Lipinski definition) is 3. The third-order valence-electron chi connectivity index (χ3n) is 0.412. The lowest BCUT2D eigenvalue weighted by atomic mass is 10.4. The first-order chi connectivity index (χ1) is 3.55. The van der Waals surface area contributed by atoms with Crippen LogP contribution in [0.5, 0.6) is 0 Å². The zero-order valence-electron chi connectivity index (χ0n) is 3.72. The van der Waals surface area contributed by atoms with E-state index in [2.05, 4.69) is 0 Å². The van der Waals surface area contributed by atoms with E-state index in [1.807, 2.05) is 0 Å². The van der Waals surface area contributed by atoms with Gasteiger partial charge in [-0.15, -0.1) is 0 Å². The van der Waals surface area contributed by atoms with Crippen LogP contribution in [0.2, 0.25) is 0 Å². The predicted octanol–water partition coefficient (Wildman–Crippen LogP) is -1.83. The highest BCUT2D eigenvalue weighted by atomic mass is 16.2. The van der Waals surface area contributed by atoms with Gasteiger partial charge < -0.3 is 0 Å². The van der Waals surface area contributed by atoms with E-state index in [9.17, 15) is 14.4 Å². The summed E-state index contributed by atoms with van der Waals surface area (Å²) in [6.45, 7) is 0. The molecule has 2 N–H and O–H groups in total. The highest BCUT2D eigenvalue weighted by Crippen LogP contribution is 1.67. The average molecular weight is 114 g/mol. The second-order valence-electron chi connectivity index (χ2n) is 0.987.